The Bertz CT molecular complexity index is 1170. The number of nitrogen functional groups attached to an aromatic ring is 1. The van der Waals surface area contributed by atoms with Gasteiger partial charge in [0.05, 0.1) is 5.56 Å². The summed E-state index contributed by atoms with van der Waals surface area (Å²) < 4.78 is 44.3. The molecule has 2 aromatic carbocycles. The highest BCUT2D eigenvalue weighted by Crippen LogP contribution is 2.29. The first-order valence-corrected chi connectivity index (χ1v) is 17.0. The number of anilines is 1. The molecule has 3 N–H and O–H groups in total. The zero-order valence-corrected chi connectivity index (χ0v) is 29.4. The lowest BCUT2D eigenvalue weighted by Gasteiger charge is -2.32. The standard InChI is InChI=1S/C28H42F3N3O.C8H11N.C2H6/c1-6-8-10-26(9-7-2)33-22(4)21(3)19-32-23(5)35-27-15-17-34(18-16-27)20-24-11-13-25(14-12-24)28(29,30)31;1-2-7-3-5-8(9)6-4-7;1-2/h11-14,19,26-27,33H,4,6-10,15-18,20H2,1-3,5H3;3-6H,2,9H2,1H3;1-2H3/b21-19+,32-23?;;. The molecule has 1 heterocycles. The molecule has 0 aromatic heterocycles. The van der Waals surface area contributed by atoms with E-state index in [1.54, 1.807) is 12.1 Å². The summed E-state index contributed by atoms with van der Waals surface area (Å²) in [6, 6.07) is 13.8. The largest absolute Gasteiger partial charge is 0.478 e. The van der Waals surface area contributed by atoms with Gasteiger partial charge in [-0.2, -0.15) is 13.2 Å². The van der Waals surface area contributed by atoms with Gasteiger partial charge in [0, 0.05) is 50.2 Å². The Kier molecular flexibility index (Phi) is 19.8. The number of nitrogens with two attached hydrogens (primary N) is 1. The first-order valence-electron chi connectivity index (χ1n) is 17.0. The fourth-order valence-electron chi connectivity index (χ4n) is 4.98. The zero-order valence-electron chi connectivity index (χ0n) is 29.4. The summed E-state index contributed by atoms with van der Waals surface area (Å²) in [5.74, 6) is 0.634. The van der Waals surface area contributed by atoms with Gasteiger partial charge in [-0.3, -0.25) is 4.90 Å². The van der Waals surface area contributed by atoms with Gasteiger partial charge in [-0.25, -0.2) is 4.99 Å². The van der Waals surface area contributed by atoms with Crippen molar-refractivity contribution in [3.8, 4) is 0 Å². The van der Waals surface area contributed by atoms with Crippen LogP contribution in [-0.2, 0) is 23.9 Å². The van der Waals surface area contributed by atoms with E-state index in [1.807, 2.05) is 46.0 Å². The van der Waals surface area contributed by atoms with Gasteiger partial charge in [-0.1, -0.05) is 84.7 Å². The number of nitrogens with one attached hydrogen (secondary N) is 1. The second kappa shape index (κ2) is 22.3. The van der Waals surface area contributed by atoms with Crippen LogP contribution in [0.5, 0.6) is 0 Å². The van der Waals surface area contributed by atoms with Crippen molar-refractivity contribution in [2.45, 2.75) is 125 Å². The van der Waals surface area contributed by atoms with E-state index in [0.29, 0.717) is 18.5 Å². The number of hydrogen-bond acceptors (Lipinski definition) is 5. The molecule has 1 atom stereocenters. The number of alkyl halides is 3. The molecule has 0 amide bonds. The number of halogens is 3. The van der Waals surface area contributed by atoms with Crippen molar-refractivity contribution in [1.29, 1.82) is 0 Å². The SMILES string of the molecule is C=C(NC(CCC)CCCC)/C(C)=C/N=C(C)OC1CCN(Cc2ccc(C(F)(F)F)cc2)CC1.CC.CCc1ccc(N)cc1. The second-order valence-corrected chi connectivity index (χ2v) is 11.6. The summed E-state index contributed by atoms with van der Waals surface area (Å²) in [5.41, 5.74) is 9.85. The van der Waals surface area contributed by atoms with Crippen molar-refractivity contribution in [3.63, 3.8) is 0 Å². The number of likely N-dealkylation sites (tertiary alicyclic amines) is 1. The summed E-state index contributed by atoms with van der Waals surface area (Å²) in [5, 5.41) is 3.56. The van der Waals surface area contributed by atoms with E-state index >= 15 is 0 Å². The fourth-order valence-corrected chi connectivity index (χ4v) is 4.98. The second-order valence-electron chi connectivity index (χ2n) is 11.6. The van der Waals surface area contributed by atoms with E-state index in [2.05, 4.69) is 54.7 Å². The van der Waals surface area contributed by atoms with Gasteiger partial charge in [0.25, 0.3) is 0 Å². The molecule has 8 heteroatoms. The van der Waals surface area contributed by atoms with E-state index < -0.39 is 11.7 Å². The van der Waals surface area contributed by atoms with Gasteiger partial charge < -0.3 is 15.8 Å². The molecule has 5 nitrogen and oxygen atoms in total. The lowest BCUT2D eigenvalue weighted by Crippen LogP contribution is -2.37. The predicted octanol–water partition coefficient (Wildman–Crippen LogP) is 10.3. The molecule has 0 aliphatic carbocycles. The van der Waals surface area contributed by atoms with Gasteiger partial charge in [-0.05, 0) is 80.0 Å². The highest BCUT2D eigenvalue weighted by Gasteiger charge is 2.30. The quantitative estimate of drug-likeness (QED) is 0.0986. The van der Waals surface area contributed by atoms with Crippen LogP contribution >= 0.6 is 0 Å². The summed E-state index contributed by atoms with van der Waals surface area (Å²) in [4.78, 5) is 6.75. The average Bonchev–Trinajstić information content (AvgIpc) is 3.05. The molecule has 1 aliphatic heterocycles. The van der Waals surface area contributed by atoms with Crippen LogP contribution in [0.1, 0.15) is 110 Å². The molecule has 0 bridgehead atoms. The maximum Gasteiger partial charge on any atom is 0.416 e. The first-order chi connectivity index (χ1) is 21.9. The Morgan fingerprint density at radius 2 is 1.57 bits per heavy atom. The molecule has 258 valence electrons. The molecular formula is C38H59F3N4O. The Balaban J connectivity index is 0.000000814. The molecule has 1 fully saturated rings. The van der Waals surface area contributed by atoms with Crippen LogP contribution in [-0.4, -0.2) is 36.0 Å². The van der Waals surface area contributed by atoms with Crippen molar-refractivity contribution in [1.82, 2.24) is 10.2 Å². The van der Waals surface area contributed by atoms with Gasteiger partial charge in [0.2, 0.25) is 0 Å². The summed E-state index contributed by atoms with van der Waals surface area (Å²) in [6.07, 6.45) is 6.26. The number of rotatable bonds is 13. The number of aliphatic imine (C=N–C) groups is 1. The zero-order chi connectivity index (χ0) is 34.5. The normalized spacial score (nSPS) is 15.2. The van der Waals surface area contributed by atoms with E-state index in [-0.39, 0.29) is 6.10 Å². The number of nitrogens with zero attached hydrogens (tertiary/aromatic N) is 2. The van der Waals surface area contributed by atoms with Crippen molar-refractivity contribution in [3.05, 3.63) is 89.3 Å². The van der Waals surface area contributed by atoms with Crippen LogP contribution < -0.4 is 11.1 Å². The number of allylic oxidation sites excluding steroid dienone is 1. The predicted molar refractivity (Wildman–Crippen MR) is 190 cm³/mol. The monoisotopic (exact) mass is 644 g/mol. The van der Waals surface area contributed by atoms with Gasteiger partial charge >= 0.3 is 6.18 Å². The third-order valence-electron chi connectivity index (χ3n) is 7.78. The number of ether oxygens (including phenoxy) is 1. The van der Waals surface area contributed by atoms with Crippen LogP contribution in [0.3, 0.4) is 0 Å². The number of piperidine rings is 1. The van der Waals surface area contributed by atoms with Gasteiger partial charge in [0.15, 0.2) is 5.90 Å². The van der Waals surface area contributed by atoms with Gasteiger partial charge in [0.1, 0.15) is 6.10 Å². The average molecular weight is 645 g/mol. The molecular weight excluding hydrogens is 585 g/mol. The van der Waals surface area contributed by atoms with Crippen LogP contribution in [0.4, 0.5) is 18.9 Å². The molecule has 0 spiro atoms. The molecule has 3 rings (SSSR count). The first kappa shape index (κ1) is 40.8. The lowest BCUT2D eigenvalue weighted by atomic mass is 10.0. The highest BCUT2D eigenvalue weighted by atomic mass is 19.4. The molecule has 0 radical (unpaired) electrons. The van der Waals surface area contributed by atoms with Crippen molar-refractivity contribution < 1.29 is 17.9 Å². The van der Waals surface area contributed by atoms with E-state index in [0.717, 1.165) is 86.3 Å². The minimum absolute atomic E-state index is 0.0978. The van der Waals surface area contributed by atoms with Crippen LogP contribution in [0.25, 0.3) is 0 Å². The Hall–Kier alpha value is -3.26. The number of hydrogen-bond donors (Lipinski definition) is 2. The topological polar surface area (TPSA) is 62.9 Å². The van der Waals surface area contributed by atoms with Crippen molar-refractivity contribution in [2.75, 3.05) is 18.8 Å². The maximum absolute atomic E-state index is 12.7. The van der Waals surface area contributed by atoms with E-state index in [1.165, 1.54) is 18.4 Å². The third kappa shape index (κ3) is 16.3. The summed E-state index contributed by atoms with van der Waals surface area (Å²) in [7, 11) is 0. The minimum atomic E-state index is -4.29. The molecule has 0 saturated carbocycles. The number of unbranched alkanes of at least 4 members (excludes halogenated alkanes) is 1. The maximum atomic E-state index is 12.7. The van der Waals surface area contributed by atoms with Crippen molar-refractivity contribution in [2.24, 2.45) is 4.99 Å². The number of benzene rings is 2. The molecule has 2 aromatic rings. The molecule has 1 unspecified atom stereocenters. The third-order valence-corrected chi connectivity index (χ3v) is 7.78. The van der Waals surface area contributed by atoms with Crippen LogP contribution in [0.15, 0.2) is 77.6 Å². The molecule has 46 heavy (non-hydrogen) atoms. The summed E-state index contributed by atoms with van der Waals surface area (Å²) >= 11 is 0. The summed E-state index contributed by atoms with van der Waals surface area (Å²) in [6.45, 7) is 20.9. The van der Waals surface area contributed by atoms with Crippen molar-refractivity contribution >= 4 is 11.6 Å². The lowest BCUT2D eigenvalue weighted by molar-refractivity contribution is -0.137. The molecule has 1 saturated heterocycles. The number of aryl methyl sites for hydroxylation is 1. The Morgan fingerprint density at radius 1 is 0.978 bits per heavy atom. The minimum Gasteiger partial charge on any atom is -0.478 e. The van der Waals surface area contributed by atoms with E-state index in [4.69, 9.17) is 10.5 Å². The van der Waals surface area contributed by atoms with Crippen LogP contribution in [0, 0.1) is 0 Å². The fraction of sp³-hybridized carbons (Fsp3) is 0.553. The Morgan fingerprint density at radius 3 is 2.09 bits per heavy atom. The highest BCUT2D eigenvalue weighted by molar-refractivity contribution is 5.74. The smallest absolute Gasteiger partial charge is 0.416 e. The Labute approximate surface area is 277 Å². The van der Waals surface area contributed by atoms with Gasteiger partial charge in [-0.15, -0.1) is 0 Å². The van der Waals surface area contributed by atoms with Crippen LogP contribution in [0.2, 0.25) is 0 Å². The molecule has 1 aliphatic rings. The van der Waals surface area contributed by atoms with E-state index in [9.17, 15) is 13.2 Å².